The number of rotatable bonds is 2. The molecule has 0 spiro atoms. The van der Waals surface area contributed by atoms with E-state index >= 15 is 0 Å². The van der Waals surface area contributed by atoms with Crippen molar-refractivity contribution in [1.82, 2.24) is 14.5 Å². The molecule has 0 saturated heterocycles. The van der Waals surface area contributed by atoms with Crippen LogP contribution in [0.15, 0.2) is 58.4 Å². The Kier molecular flexibility index (Phi) is 4.53. The Bertz CT molecular complexity index is 1630. The van der Waals surface area contributed by atoms with E-state index in [1.54, 1.807) is 29.1 Å². The lowest BCUT2D eigenvalue weighted by atomic mass is 10.1. The average molecular weight is 452 g/mol. The van der Waals surface area contributed by atoms with Gasteiger partial charge in [-0.15, -0.1) is 11.3 Å². The fourth-order valence-corrected chi connectivity index (χ4v) is 4.80. The predicted molar refractivity (Wildman–Crippen MR) is 123 cm³/mol. The number of hydrogen-bond acceptors (Lipinski definition) is 4. The van der Waals surface area contributed by atoms with Crippen molar-refractivity contribution >= 4 is 44.1 Å². The second kappa shape index (κ2) is 7.14. The molecule has 1 aromatic carbocycles. The number of nitrogens with zero attached hydrogens (tertiary/aromatic N) is 2. The largest absolute Gasteiger partial charge is 0.328 e. The van der Waals surface area contributed by atoms with Gasteiger partial charge in [0.25, 0.3) is 0 Å². The summed E-state index contributed by atoms with van der Waals surface area (Å²) in [4.78, 5) is 32.9. The summed E-state index contributed by atoms with van der Waals surface area (Å²) in [6, 6.07) is 9.57. The van der Waals surface area contributed by atoms with Crippen molar-refractivity contribution in [2.45, 2.75) is 13.8 Å². The number of aromatic nitrogens is 3. The van der Waals surface area contributed by atoms with Gasteiger partial charge < -0.3 is 9.55 Å². The fraction of sp³-hybridized carbons (Fsp3) is 0.0870. The molecule has 5 rings (SSSR count). The minimum absolute atomic E-state index is 0.215. The Hall–Kier alpha value is -3.29. The molecule has 0 radical (unpaired) electrons. The summed E-state index contributed by atoms with van der Waals surface area (Å²) in [6.45, 7) is 3.73. The van der Waals surface area contributed by atoms with E-state index in [1.807, 2.05) is 26.0 Å². The molecule has 4 heterocycles. The monoisotopic (exact) mass is 451 g/mol. The Morgan fingerprint density at radius 2 is 1.94 bits per heavy atom. The number of fused-ring (bicyclic) bond motifs is 2. The van der Waals surface area contributed by atoms with Gasteiger partial charge in [-0.25, -0.2) is 9.37 Å². The third-order valence-corrected chi connectivity index (χ3v) is 6.65. The van der Waals surface area contributed by atoms with Gasteiger partial charge >= 0.3 is 0 Å². The van der Waals surface area contributed by atoms with Gasteiger partial charge in [0.2, 0.25) is 11.0 Å². The van der Waals surface area contributed by atoms with E-state index in [0.717, 1.165) is 21.3 Å². The van der Waals surface area contributed by atoms with E-state index in [0.29, 0.717) is 16.0 Å². The maximum atomic E-state index is 14.9. The Balaban J connectivity index is 1.89. The molecule has 31 heavy (non-hydrogen) atoms. The number of thiophene rings is 1. The number of pyridine rings is 3. The minimum Gasteiger partial charge on any atom is -0.328 e. The number of H-pyrrole nitrogens is 1. The lowest BCUT2D eigenvalue weighted by molar-refractivity contribution is 0.619. The van der Waals surface area contributed by atoms with Crippen molar-refractivity contribution in [3.63, 3.8) is 0 Å². The lowest BCUT2D eigenvalue weighted by Crippen LogP contribution is -2.14. The maximum Gasteiger partial charge on any atom is 0.249 e. The summed E-state index contributed by atoms with van der Waals surface area (Å²) < 4.78 is 17.2. The smallest absolute Gasteiger partial charge is 0.249 e. The van der Waals surface area contributed by atoms with Gasteiger partial charge in [-0.1, -0.05) is 11.6 Å². The van der Waals surface area contributed by atoms with Crippen molar-refractivity contribution in [3.8, 4) is 16.1 Å². The summed E-state index contributed by atoms with van der Waals surface area (Å²) in [5.74, 6) is -0.511. The van der Waals surface area contributed by atoms with Crippen LogP contribution in [-0.2, 0) is 0 Å². The predicted octanol–water partition coefficient (Wildman–Crippen LogP) is 5.37. The van der Waals surface area contributed by atoms with Crippen LogP contribution in [0.4, 0.5) is 4.39 Å². The number of aryl methyl sites for hydroxylation is 2. The van der Waals surface area contributed by atoms with Crippen molar-refractivity contribution in [2.24, 2.45) is 0 Å². The minimum atomic E-state index is -0.511. The Morgan fingerprint density at radius 1 is 1.13 bits per heavy atom. The molecule has 1 N–H and O–H groups in total. The van der Waals surface area contributed by atoms with Gasteiger partial charge in [-0.2, -0.15) is 0 Å². The van der Waals surface area contributed by atoms with Gasteiger partial charge in [0.05, 0.1) is 16.8 Å². The second-order valence-electron chi connectivity index (χ2n) is 7.32. The zero-order chi connectivity index (χ0) is 21.9. The van der Waals surface area contributed by atoms with Crippen molar-refractivity contribution < 1.29 is 4.39 Å². The highest BCUT2D eigenvalue weighted by atomic mass is 35.5. The highest BCUT2D eigenvalue weighted by Crippen LogP contribution is 2.33. The third kappa shape index (κ3) is 3.26. The first-order chi connectivity index (χ1) is 14.8. The van der Waals surface area contributed by atoms with Crippen LogP contribution >= 0.6 is 22.9 Å². The van der Waals surface area contributed by atoms with E-state index in [1.165, 1.54) is 23.5 Å². The van der Waals surface area contributed by atoms with Crippen LogP contribution in [0.1, 0.15) is 11.3 Å². The molecule has 0 aliphatic carbocycles. The number of benzene rings is 1. The van der Waals surface area contributed by atoms with Crippen molar-refractivity contribution in [3.05, 3.63) is 91.5 Å². The molecule has 5 nitrogen and oxygen atoms in total. The van der Waals surface area contributed by atoms with E-state index < -0.39 is 5.82 Å². The zero-order valence-corrected chi connectivity index (χ0v) is 18.1. The first-order valence-corrected chi connectivity index (χ1v) is 10.6. The first kappa shape index (κ1) is 19.7. The summed E-state index contributed by atoms with van der Waals surface area (Å²) in [5, 5.41) is 1.10. The van der Waals surface area contributed by atoms with Crippen molar-refractivity contribution in [1.29, 1.82) is 0 Å². The second-order valence-corrected chi connectivity index (χ2v) is 8.84. The molecule has 5 aromatic rings. The molecule has 8 heteroatoms. The highest BCUT2D eigenvalue weighted by molar-refractivity contribution is 7.22. The van der Waals surface area contributed by atoms with Crippen LogP contribution in [0.25, 0.3) is 37.2 Å². The Morgan fingerprint density at radius 3 is 2.71 bits per heavy atom. The normalized spacial score (nSPS) is 11.5. The molecule has 0 bridgehead atoms. The molecule has 154 valence electrons. The molecule has 0 amide bonds. The topological polar surface area (TPSA) is 67.8 Å². The highest BCUT2D eigenvalue weighted by Gasteiger charge is 2.18. The molecule has 0 aliphatic heterocycles. The van der Waals surface area contributed by atoms with Gasteiger partial charge in [0.1, 0.15) is 11.3 Å². The molecule has 0 saturated carbocycles. The van der Waals surface area contributed by atoms with Gasteiger partial charge in [-0.05, 0) is 49.7 Å². The standard InChI is InChI=1S/C23H15ClFN3O2S/c1-11-5-18-22(27-12(11)2)23(30)15(10-28(18)17-4-3-14(24)7-16(17)25)20-6-13-9-26-21(29)8-19(13)31-20/h3-10H,1-2H3,(H,26,29). The van der Waals surface area contributed by atoms with Crippen LogP contribution < -0.4 is 11.0 Å². The summed E-state index contributed by atoms with van der Waals surface area (Å²) >= 11 is 7.27. The van der Waals surface area contributed by atoms with Gasteiger partial charge in [0.15, 0.2) is 0 Å². The third-order valence-electron chi connectivity index (χ3n) is 5.28. The number of hydrogen-bond donors (Lipinski definition) is 1. The van der Waals surface area contributed by atoms with E-state index in [2.05, 4.69) is 9.97 Å². The quantitative estimate of drug-likeness (QED) is 0.392. The summed E-state index contributed by atoms with van der Waals surface area (Å²) in [7, 11) is 0. The molecule has 4 aromatic heterocycles. The van der Waals surface area contributed by atoms with E-state index in [4.69, 9.17) is 11.6 Å². The van der Waals surface area contributed by atoms with Gasteiger partial charge in [0, 0.05) is 44.1 Å². The Labute approximate surface area is 184 Å². The van der Waals surface area contributed by atoms with Gasteiger partial charge in [-0.3, -0.25) is 9.59 Å². The van der Waals surface area contributed by atoms with Crippen LogP contribution in [0, 0.1) is 19.7 Å². The molecular weight excluding hydrogens is 437 g/mol. The van der Waals surface area contributed by atoms with Crippen molar-refractivity contribution in [2.75, 3.05) is 0 Å². The summed E-state index contributed by atoms with van der Waals surface area (Å²) in [5.41, 5.74) is 2.56. The molecule has 0 unspecified atom stereocenters. The zero-order valence-electron chi connectivity index (χ0n) is 16.5. The average Bonchev–Trinajstić information content (AvgIpc) is 3.13. The lowest BCUT2D eigenvalue weighted by Gasteiger charge is -2.15. The molecule has 0 atom stereocenters. The number of aromatic amines is 1. The fourth-order valence-electron chi connectivity index (χ4n) is 3.57. The molecular formula is C23H15ClFN3O2S. The number of nitrogens with one attached hydrogen (secondary N) is 1. The van der Waals surface area contributed by atoms with E-state index in [-0.39, 0.29) is 27.2 Å². The molecule has 0 fully saturated rings. The van der Waals surface area contributed by atoms with Crippen LogP contribution in [0.2, 0.25) is 5.02 Å². The maximum absolute atomic E-state index is 14.9. The van der Waals surface area contributed by atoms with Crippen LogP contribution in [0.3, 0.4) is 0 Å². The molecule has 0 aliphatic rings. The van der Waals surface area contributed by atoms with Crippen LogP contribution in [0.5, 0.6) is 0 Å². The van der Waals surface area contributed by atoms with Crippen LogP contribution in [-0.4, -0.2) is 14.5 Å². The first-order valence-electron chi connectivity index (χ1n) is 9.43. The summed E-state index contributed by atoms with van der Waals surface area (Å²) in [6.07, 6.45) is 3.24. The SMILES string of the molecule is Cc1cc2c(nc1C)c(=O)c(-c1cc3c[nH]c(=O)cc3s1)cn2-c1ccc(Cl)cc1F. The number of halogens is 2. The van der Waals surface area contributed by atoms with E-state index in [9.17, 15) is 14.0 Å².